The molecule has 28 heavy (non-hydrogen) atoms. The van der Waals surface area contributed by atoms with Crippen LogP contribution in [0.5, 0.6) is 11.5 Å². The Balaban J connectivity index is 1.75. The fourth-order valence-electron chi connectivity index (χ4n) is 2.72. The van der Waals surface area contributed by atoms with E-state index in [-0.39, 0.29) is 11.9 Å². The summed E-state index contributed by atoms with van der Waals surface area (Å²) in [5.74, 6) is 0.845. The molecule has 0 fully saturated rings. The van der Waals surface area contributed by atoms with E-state index >= 15 is 0 Å². The number of carbonyl (C=O) groups excluding carboxylic acids is 1. The van der Waals surface area contributed by atoms with Gasteiger partial charge in [-0.15, -0.1) is 0 Å². The van der Waals surface area contributed by atoms with Crippen LogP contribution < -0.4 is 14.8 Å². The molecule has 0 saturated heterocycles. The van der Waals surface area contributed by atoms with E-state index in [1.807, 2.05) is 49.4 Å². The average molecular weight is 441 g/mol. The lowest BCUT2D eigenvalue weighted by Crippen LogP contribution is -2.26. The van der Waals surface area contributed by atoms with Crippen LogP contribution in [0, 0.1) is 0 Å². The van der Waals surface area contributed by atoms with Gasteiger partial charge in [-0.25, -0.2) is 0 Å². The molecule has 5 nitrogen and oxygen atoms in total. The number of amides is 1. The van der Waals surface area contributed by atoms with Crippen LogP contribution in [0.15, 0.2) is 71.5 Å². The summed E-state index contributed by atoms with van der Waals surface area (Å²) in [5, 5.41) is 2.97. The zero-order chi connectivity index (χ0) is 19.9. The molecule has 6 heteroatoms. The highest BCUT2D eigenvalue weighted by Gasteiger charge is 2.17. The maximum atomic E-state index is 12.7. The fraction of sp³-hybridized carbons (Fsp3) is 0.182. The number of nitrogens with zero attached hydrogens (tertiary/aromatic N) is 1. The van der Waals surface area contributed by atoms with E-state index in [2.05, 4.69) is 26.2 Å². The predicted molar refractivity (Wildman–Crippen MR) is 112 cm³/mol. The van der Waals surface area contributed by atoms with Gasteiger partial charge >= 0.3 is 0 Å². The van der Waals surface area contributed by atoms with Crippen LogP contribution in [0.4, 0.5) is 0 Å². The number of ether oxygens (including phenoxy) is 2. The Hall–Kier alpha value is -2.86. The normalized spacial score (nSPS) is 11.5. The zero-order valence-electron chi connectivity index (χ0n) is 15.7. The largest absolute Gasteiger partial charge is 0.493 e. The van der Waals surface area contributed by atoms with Crippen molar-refractivity contribution in [2.75, 3.05) is 7.11 Å². The summed E-state index contributed by atoms with van der Waals surface area (Å²) in [6.45, 7) is 2.32. The van der Waals surface area contributed by atoms with E-state index in [0.29, 0.717) is 28.1 Å². The topological polar surface area (TPSA) is 60.5 Å². The fourth-order valence-corrected chi connectivity index (χ4v) is 3.27. The van der Waals surface area contributed by atoms with Crippen LogP contribution in [0.3, 0.4) is 0 Å². The number of carbonyl (C=O) groups is 1. The summed E-state index contributed by atoms with van der Waals surface area (Å²) in [4.78, 5) is 16.8. The van der Waals surface area contributed by atoms with Crippen LogP contribution in [0.25, 0.3) is 0 Å². The van der Waals surface area contributed by atoms with E-state index < -0.39 is 0 Å². The van der Waals surface area contributed by atoms with Crippen molar-refractivity contribution in [2.24, 2.45) is 0 Å². The molecule has 3 aromatic rings. The van der Waals surface area contributed by atoms with Gasteiger partial charge in [0.05, 0.1) is 17.6 Å². The minimum atomic E-state index is -0.204. The van der Waals surface area contributed by atoms with Crippen molar-refractivity contribution in [1.29, 1.82) is 0 Å². The molecule has 0 bridgehead atoms. The van der Waals surface area contributed by atoms with Crippen molar-refractivity contribution in [3.05, 3.63) is 88.2 Å². The van der Waals surface area contributed by atoms with Gasteiger partial charge in [0.2, 0.25) is 0 Å². The number of nitrogens with one attached hydrogen (secondary N) is 1. The van der Waals surface area contributed by atoms with Gasteiger partial charge in [-0.3, -0.25) is 9.78 Å². The second-order valence-electron chi connectivity index (χ2n) is 6.25. The Morgan fingerprint density at radius 1 is 1.18 bits per heavy atom. The van der Waals surface area contributed by atoms with Gasteiger partial charge in [0.1, 0.15) is 6.61 Å². The summed E-state index contributed by atoms with van der Waals surface area (Å²) in [7, 11) is 1.55. The molecule has 1 amide bonds. The third-order valence-corrected chi connectivity index (χ3v) is 4.84. The van der Waals surface area contributed by atoms with Crippen molar-refractivity contribution >= 4 is 21.8 Å². The molecule has 2 aromatic carbocycles. The highest BCUT2D eigenvalue weighted by Crippen LogP contribution is 2.37. The molecule has 0 aliphatic carbocycles. The second-order valence-corrected chi connectivity index (χ2v) is 7.10. The number of halogens is 1. The molecule has 0 aliphatic rings. The number of hydrogen-bond donors (Lipinski definition) is 1. The lowest BCUT2D eigenvalue weighted by Gasteiger charge is -2.17. The van der Waals surface area contributed by atoms with Gasteiger partial charge in [-0.1, -0.05) is 36.4 Å². The monoisotopic (exact) mass is 440 g/mol. The standard InChI is InChI=1S/C22H21BrN2O3/c1-15(17-9-6-10-24-13-17)25-22(26)18-11-19(23)21(20(12-18)27-2)28-14-16-7-4-3-5-8-16/h3-13,15H,14H2,1-2H3,(H,25,26)/t15-/m1/s1. The van der Waals surface area contributed by atoms with Gasteiger partial charge in [0, 0.05) is 18.0 Å². The zero-order valence-corrected chi connectivity index (χ0v) is 17.3. The van der Waals surface area contributed by atoms with Gasteiger partial charge in [-0.2, -0.15) is 0 Å². The Bertz CT molecular complexity index is 933. The van der Waals surface area contributed by atoms with Crippen molar-refractivity contribution in [2.45, 2.75) is 19.6 Å². The lowest BCUT2D eigenvalue weighted by molar-refractivity contribution is 0.0939. The highest BCUT2D eigenvalue weighted by molar-refractivity contribution is 9.10. The van der Waals surface area contributed by atoms with E-state index in [9.17, 15) is 4.79 Å². The molecule has 1 heterocycles. The third kappa shape index (κ3) is 4.89. The number of hydrogen-bond acceptors (Lipinski definition) is 4. The highest BCUT2D eigenvalue weighted by atomic mass is 79.9. The molecule has 0 unspecified atom stereocenters. The lowest BCUT2D eigenvalue weighted by atomic mass is 10.1. The average Bonchev–Trinajstić information content (AvgIpc) is 2.73. The van der Waals surface area contributed by atoms with Gasteiger partial charge in [-0.05, 0) is 52.2 Å². The van der Waals surface area contributed by atoms with Crippen LogP contribution >= 0.6 is 15.9 Å². The van der Waals surface area contributed by atoms with Crippen molar-refractivity contribution < 1.29 is 14.3 Å². The van der Waals surface area contributed by atoms with Crippen LogP contribution in [-0.2, 0) is 6.61 Å². The number of methoxy groups -OCH3 is 1. The molecular formula is C22H21BrN2O3. The van der Waals surface area contributed by atoms with Crippen molar-refractivity contribution in [3.8, 4) is 11.5 Å². The van der Waals surface area contributed by atoms with Crippen LogP contribution in [0.2, 0.25) is 0 Å². The van der Waals surface area contributed by atoms with Crippen molar-refractivity contribution in [3.63, 3.8) is 0 Å². The Labute approximate surface area is 172 Å². The summed E-state index contributed by atoms with van der Waals surface area (Å²) in [6, 6.07) is 16.9. The first kappa shape index (κ1) is 19.9. The Morgan fingerprint density at radius 3 is 2.64 bits per heavy atom. The molecular weight excluding hydrogens is 420 g/mol. The van der Waals surface area contributed by atoms with Gasteiger partial charge < -0.3 is 14.8 Å². The number of pyridine rings is 1. The van der Waals surface area contributed by atoms with Crippen molar-refractivity contribution in [1.82, 2.24) is 10.3 Å². The Kier molecular flexibility index (Phi) is 6.66. The second kappa shape index (κ2) is 9.37. The molecule has 3 rings (SSSR count). The predicted octanol–water partition coefficient (Wildman–Crippen LogP) is 4.92. The SMILES string of the molecule is COc1cc(C(=O)N[C@H](C)c2cccnc2)cc(Br)c1OCc1ccccc1. The summed E-state index contributed by atoms with van der Waals surface area (Å²) in [6.07, 6.45) is 3.44. The maximum absolute atomic E-state index is 12.7. The molecule has 1 N–H and O–H groups in total. The first-order valence-electron chi connectivity index (χ1n) is 8.83. The first-order chi connectivity index (χ1) is 13.6. The molecule has 0 saturated carbocycles. The molecule has 0 radical (unpaired) electrons. The van der Waals surface area contributed by atoms with E-state index in [4.69, 9.17) is 9.47 Å². The summed E-state index contributed by atoms with van der Waals surface area (Å²) < 4.78 is 12.0. The quantitative estimate of drug-likeness (QED) is 0.565. The number of aromatic nitrogens is 1. The van der Waals surface area contributed by atoms with E-state index in [1.54, 1.807) is 31.6 Å². The smallest absolute Gasteiger partial charge is 0.251 e. The molecule has 1 aromatic heterocycles. The summed E-state index contributed by atoms with van der Waals surface area (Å²) >= 11 is 3.50. The molecule has 0 aliphatic heterocycles. The molecule has 1 atom stereocenters. The Morgan fingerprint density at radius 2 is 1.96 bits per heavy atom. The maximum Gasteiger partial charge on any atom is 0.251 e. The number of benzene rings is 2. The molecule has 0 spiro atoms. The van der Waals surface area contributed by atoms with Gasteiger partial charge in [0.15, 0.2) is 11.5 Å². The first-order valence-corrected chi connectivity index (χ1v) is 9.63. The minimum absolute atomic E-state index is 0.167. The molecule has 144 valence electrons. The van der Waals surface area contributed by atoms with Crippen LogP contribution in [-0.4, -0.2) is 18.0 Å². The van der Waals surface area contributed by atoms with E-state index in [0.717, 1.165) is 11.1 Å². The third-order valence-electron chi connectivity index (χ3n) is 4.25. The summed E-state index contributed by atoms with van der Waals surface area (Å²) in [5.41, 5.74) is 2.46. The van der Waals surface area contributed by atoms with Gasteiger partial charge in [0.25, 0.3) is 5.91 Å². The minimum Gasteiger partial charge on any atom is -0.493 e. The number of rotatable bonds is 7. The van der Waals surface area contributed by atoms with Crippen LogP contribution in [0.1, 0.15) is 34.5 Å². The van der Waals surface area contributed by atoms with E-state index in [1.165, 1.54) is 0 Å².